The third kappa shape index (κ3) is 2.84. The van der Waals surface area contributed by atoms with E-state index in [2.05, 4.69) is 17.9 Å². The van der Waals surface area contributed by atoms with E-state index < -0.39 is 0 Å². The molecule has 1 aliphatic carbocycles. The van der Waals surface area contributed by atoms with Crippen molar-refractivity contribution in [1.82, 2.24) is 24.1 Å². The molecule has 0 aliphatic heterocycles. The minimum absolute atomic E-state index is 0.287. The van der Waals surface area contributed by atoms with Crippen LogP contribution in [0.4, 0.5) is 0 Å². The summed E-state index contributed by atoms with van der Waals surface area (Å²) in [6.45, 7) is 12.2. The molecule has 146 valence electrons. The van der Waals surface area contributed by atoms with Crippen LogP contribution in [0, 0.1) is 6.92 Å². The van der Waals surface area contributed by atoms with Crippen LogP contribution in [-0.4, -0.2) is 31.3 Å². The molecule has 0 amide bonds. The monoisotopic (exact) mass is 377 g/mol. The Labute approximate surface area is 165 Å². The standard InChI is InChI=1S/C22H27N5O/c1-7-14(4)27-22(13(2)3)24-21(25-27)18-9-8-17(18)20-15(5)26-11-10-16(28-6)12-19(26)23-20/h7,10-12,17-18H,2,8-9H2,1,3-6H3/b14-7-/t17-,18?/m0/s1. The SMILES string of the molecule is C=C(C)c1nc(C2CC[C@@H]2c2nc3cc(OC)ccn3c2C)nn1/C(C)=C\C. The van der Waals surface area contributed by atoms with Gasteiger partial charge in [0.25, 0.3) is 0 Å². The highest BCUT2D eigenvalue weighted by Gasteiger charge is 2.39. The van der Waals surface area contributed by atoms with E-state index in [9.17, 15) is 0 Å². The molecular weight excluding hydrogens is 350 g/mol. The zero-order valence-electron chi connectivity index (χ0n) is 17.2. The quantitative estimate of drug-likeness (QED) is 0.640. The molecule has 6 heteroatoms. The highest BCUT2D eigenvalue weighted by atomic mass is 16.5. The van der Waals surface area contributed by atoms with Crippen LogP contribution in [0.3, 0.4) is 0 Å². The molecule has 3 aromatic heterocycles. The summed E-state index contributed by atoms with van der Waals surface area (Å²) in [4.78, 5) is 9.77. The van der Waals surface area contributed by atoms with Crippen molar-refractivity contribution >= 4 is 16.9 Å². The third-order valence-corrected chi connectivity index (χ3v) is 5.82. The number of aromatic nitrogens is 5. The molecule has 3 aromatic rings. The fraction of sp³-hybridized carbons (Fsp3) is 0.409. The minimum atomic E-state index is 0.287. The lowest BCUT2D eigenvalue weighted by Crippen LogP contribution is -2.24. The van der Waals surface area contributed by atoms with Gasteiger partial charge in [-0.1, -0.05) is 12.7 Å². The maximum absolute atomic E-state index is 5.34. The maximum atomic E-state index is 5.34. The number of nitrogens with zero attached hydrogens (tertiary/aromatic N) is 5. The first-order valence-corrected chi connectivity index (χ1v) is 9.73. The maximum Gasteiger partial charge on any atom is 0.158 e. The number of fused-ring (bicyclic) bond motifs is 1. The fourth-order valence-corrected chi connectivity index (χ4v) is 3.91. The molecule has 4 rings (SSSR count). The summed E-state index contributed by atoms with van der Waals surface area (Å²) >= 11 is 0. The summed E-state index contributed by atoms with van der Waals surface area (Å²) in [5.41, 5.74) is 5.22. The summed E-state index contributed by atoms with van der Waals surface area (Å²) in [7, 11) is 1.68. The molecule has 28 heavy (non-hydrogen) atoms. The summed E-state index contributed by atoms with van der Waals surface area (Å²) in [5.74, 6) is 3.18. The number of aryl methyl sites for hydroxylation is 1. The largest absolute Gasteiger partial charge is 0.497 e. The average molecular weight is 377 g/mol. The first-order chi connectivity index (χ1) is 13.4. The number of allylic oxidation sites excluding steroid dienone is 3. The minimum Gasteiger partial charge on any atom is -0.497 e. The van der Waals surface area contributed by atoms with Gasteiger partial charge in [0.2, 0.25) is 0 Å². The van der Waals surface area contributed by atoms with E-state index in [4.69, 9.17) is 19.8 Å². The number of pyridine rings is 1. The van der Waals surface area contributed by atoms with Crippen molar-refractivity contribution in [2.24, 2.45) is 0 Å². The molecule has 0 saturated heterocycles. The molecule has 2 atom stereocenters. The predicted octanol–water partition coefficient (Wildman–Crippen LogP) is 4.82. The lowest BCUT2D eigenvalue weighted by molar-refractivity contribution is 0.326. The Kier molecular flexibility index (Phi) is 4.57. The van der Waals surface area contributed by atoms with Gasteiger partial charge in [0, 0.05) is 35.5 Å². The zero-order chi connectivity index (χ0) is 20.0. The lowest BCUT2D eigenvalue weighted by atomic mass is 9.71. The topological polar surface area (TPSA) is 57.2 Å². The van der Waals surface area contributed by atoms with E-state index in [1.807, 2.05) is 49.9 Å². The van der Waals surface area contributed by atoms with Gasteiger partial charge in [-0.15, -0.1) is 0 Å². The first-order valence-electron chi connectivity index (χ1n) is 9.73. The first kappa shape index (κ1) is 18.5. The van der Waals surface area contributed by atoms with Crippen molar-refractivity contribution in [2.75, 3.05) is 7.11 Å². The van der Waals surface area contributed by atoms with Crippen LogP contribution < -0.4 is 4.74 Å². The Morgan fingerprint density at radius 2 is 2.00 bits per heavy atom. The van der Waals surface area contributed by atoms with Crippen molar-refractivity contribution in [1.29, 1.82) is 0 Å². The van der Waals surface area contributed by atoms with E-state index >= 15 is 0 Å². The normalized spacial score (nSPS) is 19.7. The number of methoxy groups -OCH3 is 1. The molecule has 1 aliphatic rings. The van der Waals surface area contributed by atoms with Crippen LogP contribution in [0.5, 0.6) is 5.75 Å². The van der Waals surface area contributed by atoms with Crippen LogP contribution in [-0.2, 0) is 0 Å². The van der Waals surface area contributed by atoms with Gasteiger partial charge in [-0.3, -0.25) is 0 Å². The number of hydrogen-bond donors (Lipinski definition) is 0. The number of ether oxygens (including phenoxy) is 1. The second-order valence-electron chi connectivity index (χ2n) is 7.58. The van der Waals surface area contributed by atoms with E-state index in [-0.39, 0.29) is 5.92 Å². The molecule has 3 heterocycles. The molecule has 1 unspecified atom stereocenters. The van der Waals surface area contributed by atoms with Crippen molar-refractivity contribution in [3.63, 3.8) is 0 Å². The third-order valence-electron chi connectivity index (χ3n) is 5.82. The number of imidazole rings is 1. The molecule has 0 spiro atoms. The number of rotatable bonds is 5. The predicted molar refractivity (Wildman–Crippen MR) is 112 cm³/mol. The molecule has 1 saturated carbocycles. The van der Waals surface area contributed by atoms with Crippen LogP contribution in [0.1, 0.15) is 68.5 Å². The van der Waals surface area contributed by atoms with Crippen LogP contribution in [0.15, 0.2) is 31.0 Å². The van der Waals surface area contributed by atoms with Crippen molar-refractivity contribution in [2.45, 2.75) is 52.4 Å². The molecular formula is C22H27N5O. The van der Waals surface area contributed by atoms with E-state index in [0.29, 0.717) is 5.92 Å². The van der Waals surface area contributed by atoms with E-state index in [1.165, 1.54) is 5.69 Å². The van der Waals surface area contributed by atoms with Gasteiger partial charge in [-0.2, -0.15) is 5.10 Å². The van der Waals surface area contributed by atoms with Crippen LogP contribution in [0.2, 0.25) is 0 Å². The van der Waals surface area contributed by atoms with Crippen molar-refractivity contribution < 1.29 is 4.74 Å². The van der Waals surface area contributed by atoms with Gasteiger partial charge in [0.05, 0.1) is 12.8 Å². The van der Waals surface area contributed by atoms with Crippen molar-refractivity contribution in [3.8, 4) is 5.75 Å². The lowest BCUT2D eigenvalue weighted by Gasteiger charge is -2.33. The van der Waals surface area contributed by atoms with Gasteiger partial charge in [-0.25, -0.2) is 14.6 Å². The van der Waals surface area contributed by atoms with Gasteiger partial charge < -0.3 is 9.14 Å². The summed E-state index contributed by atoms with van der Waals surface area (Å²) in [6, 6.07) is 3.94. The fourth-order valence-electron chi connectivity index (χ4n) is 3.91. The second kappa shape index (κ2) is 6.93. The van der Waals surface area contributed by atoms with Gasteiger partial charge >= 0.3 is 0 Å². The Bertz CT molecular complexity index is 1090. The smallest absolute Gasteiger partial charge is 0.158 e. The summed E-state index contributed by atoms with van der Waals surface area (Å²) in [6.07, 6.45) is 6.25. The Morgan fingerprint density at radius 1 is 1.25 bits per heavy atom. The molecule has 1 fully saturated rings. The molecule has 0 radical (unpaired) electrons. The average Bonchev–Trinajstić information content (AvgIpc) is 3.22. The molecule has 0 bridgehead atoms. The summed E-state index contributed by atoms with van der Waals surface area (Å²) in [5, 5.41) is 4.83. The zero-order valence-corrected chi connectivity index (χ0v) is 17.2. The highest BCUT2D eigenvalue weighted by molar-refractivity contribution is 5.59. The number of hydrogen-bond acceptors (Lipinski definition) is 4. The van der Waals surface area contributed by atoms with E-state index in [1.54, 1.807) is 7.11 Å². The highest BCUT2D eigenvalue weighted by Crippen LogP contribution is 2.49. The Hall–Kier alpha value is -2.89. The van der Waals surface area contributed by atoms with Gasteiger partial charge in [-0.05, 0) is 52.2 Å². The molecule has 6 nitrogen and oxygen atoms in total. The van der Waals surface area contributed by atoms with Gasteiger partial charge in [0.15, 0.2) is 11.6 Å². The second-order valence-corrected chi connectivity index (χ2v) is 7.58. The molecule has 0 N–H and O–H groups in total. The Balaban J connectivity index is 1.72. The van der Waals surface area contributed by atoms with Crippen LogP contribution in [0.25, 0.3) is 16.9 Å². The van der Waals surface area contributed by atoms with E-state index in [0.717, 1.165) is 52.9 Å². The Morgan fingerprint density at radius 3 is 2.61 bits per heavy atom. The summed E-state index contributed by atoms with van der Waals surface area (Å²) < 4.78 is 9.38. The van der Waals surface area contributed by atoms with Crippen molar-refractivity contribution in [3.05, 3.63) is 54.0 Å². The van der Waals surface area contributed by atoms with Crippen LogP contribution >= 0.6 is 0 Å². The molecule has 0 aromatic carbocycles. The van der Waals surface area contributed by atoms with Gasteiger partial charge in [0.1, 0.15) is 11.4 Å².